The summed E-state index contributed by atoms with van der Waals surface area (Å²) in [6.45, 7) is 9.59. The first-order chi connectivity index (χ1) is 8.21. The molecule has 1 fully saturated rings. The van der Waals surface area contributed by atoms with Crippen molar-refractivity contribution < 1.29 is 0 Å². The molecule has 1 heterocycles. The minimum Gasteiger partial charge on any atom is -0.300 e. The van der Waals surface area contributed by atoms with Crippen molar-refractivity contribution in [1.82, 2.24) is 4.90 Å². The van der Waals surface area contributed by atoms with Crippen LogP contribution in [0, 0.1) is 5.41 Å². The lowest BCUT2D eigenvalue weighted by Gasteiger charge is -2.39. The summed E-state index contributed by atoms with van der Waals surface area (Å²) in [6.07, 6.45) is 9.51. The van der Waals surface area contributed by atoms with Crippen LogP contribution in [0.2, 0.25) is 0 Å². The summed E-state index contributed by atoms with van der Waals surface area (Å²) in [7, 11) is 0. The number of rotatable bonds is 6. The van der Waals surface area contributed by atoms with E-state index >= 15 is 0 Å². The van der Waals surface area contributed by atoms with Gasteiger partial charge in [-0.25, -0.2) is 0 Å². The standard InChI is InChI=1S/C15H31NS/c1-4-14-10-8-7-9-11-16(14)12-15(5-2,6-3)13-17/h14,17H,4-13H2,1-3H3. The van der Waals surface area contributed by atoms with E-state index in [0.29, 0.717) is 5.41 Å². The maximum atomic E-state index is 4.62. The van der Waals surface area contributed by atoms with E-state index < -0.39 is 0 Å². The predicted molar refractivity (Wildman–Crippen MR) is 81.0 cm³/mol. The Balaban J connectivity index is 2.67. The predicted octanol–water partition coefficient (Wildman–Crippen LogP) is 4.38. The van der Waals surface area contributed by atoms with Gasteiger partial charge in [-0.15, -0.1) is 0 Å². The monoisotopic (exact) mass is 257 g/mol. The average molecular weight is 257 g/mol. The van der Waals surface area contributed by atoms with E-state index in [-0.39, 0.29) is 0 Å². The fourth-order valence-electron chi connectivity index (χ4n) is 3.09. The molecule has 17 heavy (non-hydrogen) atoms. The third kappa shape index (κ3) is 4.17. The molecular formula is C15H31NS. The smallest absolute Gasteiger partial charge is 0.00928 e. The van der Waals surface area contributed by atoms with E-state index in [1.807, 2.05) is 0 Å². The van der Waals surface area contributed by atoms with Gasteiger partial charge in [-0.05, 0) is 49.8 Å². The van der Waals surface area contributed by atoms with Crippen LogP contribution >= 0.6 is 12.6 Å². The van der Waals surface area contributed by atoms with Crippen molar-refractivity contribution in [3.05, 3.63) is 0 Å². The van der Waals surface area contributed by atoms with Gasteiger partial charge in [0.2, 0.25) is 0 Å². The van der Waals surface area contributed by atoms with Crippen molar-refractivity contribution in [3.8, 4) is 0 Å². The van der Waals surface area contributed by atoms with E-state index in [9.17, 15) is 0 Å². The minimum atomic E-state index is 0.445. The molecule has 0 aromatic rings. The number of hydrogen-bond acceptors (Lipinski definition) is 2. The second-order valence-electron chi connectivity index (χ2n) is 5.75. The highest BCUT2D eigenvalue weighted by molar-refractivity contribution is 7.80. The van der Waals surface area contributed by atoms with Crippen molar-refractivity contribution in [2.75, 3.05) is 18.8 Å². The summed E-state index contributed by atoms with van der Waals surface area (Å²) >= 11 is 4.62. The Morgan fingerprint density at radius 3 is 2.35 bits per heavy atom. The third-order valence-corrected chi connectivity index (χ3v) is 5.52. The van der Waals surface area contributed by atoms with Crippen LogP contribution in [0.25, 0.3) is 0 Å². The molecule has 1 unspecified atom stereocenters. The van der Waals surface area contributed by atoms with Crippen LogP contribution < -0.4 is 0 Å². The Bertz CT molecular complexity index is 193. The van der Waals surface area contributed by atoms with Gasteiger partial charge in [0.25, 0.3) is 0 Å². The fourth-order valence-corrected chi connectivity index (χ4v) is 3.63. The van der Waals surface area contributed by atoms with Gasteiger partial charge in [0.05, 0.1) is 0 Å². The lowest BCUT2D eigenvalue weighted by atomic mass is 9.83. The van der Waals surface area contributed by atoms with Crippen LogP contribution in [0.3, 0.4) is 0 Å². The number of hydrogen-bond donors (Lipinski definition) is 1. The highest BCUT2D eigenvalue weighted by Crippen LogP contribution is 2.31. The molecular weight excluding hydrogens is 226 g/mol. The molecule has 0 aromatic carbocycles. The van der Waals surface area contributed by atoms with Gasteiger partial charge >= 0.3 is 0 Å². The third-order valence-electron chi connectivity index (χ3n) is 4.84. The SMILES string of the molecule is CCC1CCCCCN1CC(CC)(CC)CS. The van der Waals surface area contributed by atoms with Crippen LogP contribution in [-0.2, 0) is 0 Å². The molecule has 0 aromatic heterocycles. The van der Waals surface area contributed by atoms with Crippen LogP contribution in [0.4, 0.5) is 0 Å². The number of nitrogens with zero attached hydrogens (tertiary/aromatic N) is 1. The fraction of sp³-hybridized carbons (Fsp3) is 1.00. The maximum absolute atomic E-state index is 4.62. The lowest BCUT2D eigenvalue weighted by Crippen LogP contribution is -2.43. The van der Waals surface area contributed by atoms with E-state index in [4.69, 9.17) is 0 Å². The number of likely N-dealkylation sites (tertiary alicyclic amines) is 1. The van der Waals surface area contributed by atoms with Crippen LogP contribution in [0.1, 0.15) is 65.7 Å². The molecule has 0 N–H and O–H groups in total. The number of thiol groups is 1. The first kappa shape index (κ1) is 15.4. The minimum absolute atomic E-state index is 0.445. The van der Waals surface area contributed by atoms with Crippen LogP contribution in [-0.4, -0.2) is 29.8 Å². The molecule has 0 bridgehead atoms. The van der Waals surface area contributed by atoms with Crippen molar-refractivity contribution >= 4 is 12.6 Å². The second-order valence-corrected chi connectivity index (χ2v) is 6.06. The summed E-state index contributed by atoms with van der Waals surface area (Å²) < 4.78 is 0. The Hall–Kier alpha value is 0.310. The normalized spacial score (nSPS) is 23.6. The molecule has 2 heteroatoms. The molecule has 0 aliphatic carbocycles. The van der Waals surface area contributed by atoms with E-state index in [1.54, 1.807) is 0 Å². The van der Waals surface area contributed by atoms with Crippen LogP contribution in [0.15, 0.2) is 0 Å². The van der Waals surface area contributed by atoms with Gasteiger partial charge in [-0.1, -0.05) is 33.6 Å². The van der Waals surface area contributed by atoms with Gasteiger partial charge in [0, 0.05) is 12.6 Å². The van der Waals surface area contributed by atoms with Crippen molar-refractivity contribution in [2.24, 2.45) is 5.41 Å². The molecule has 1 rings (SSSR count). The molecule has 0 amide bonds. The Morgan fingerprint density at radius 1 is 1.12 bits per heavy atom. The van der Waals surface area contributed by atoms with Gasteiger partial charge in [0.15, 0.2) is 0 Å². The van der Waals surface area contributed by atoms with E-state index in [0.717, 1.165) is 11.8 Å². The molecule has 1 aliphatic rings. The molecule has 102 valence electrons. The quantitative estimate of drug-likeness (QED) is 0.691. The molecule has 1 nitrogen and oxygen atoms in total. The summed E-state index contributed by atoms with van der Waals surface area (Å²) in [4.78, 5) is 2.77. The Morgan fingerprint density at radius 2 is 1.82 bits per heavy atom. The second kappa shape index (κ2) is 7.68. The van der Waals surface area contributed by atoms with E-state index in [1.165, 1.54) is 58.0 Å². The van der Waals surface area contributed by atoms with Gasteiger partial charge < -0.3 is 0 Å². The first-order valence-corrected chi connectivity index (χ1v) is 8.19. The first-order valence-electron chi connectivity index (χ1n) is 7.56. The van der Waals surface area contributed by atoms with Gasteiger partial charge in [-0.3, -0.25) is 4.90 Å². The van der Waals surface area contributed by atoms with Crippen molar-refractivity contribution in [1.29, 1.82) is 0 Å². The summed E-state index contributed by atoms with van der Waals surface area (Å²) in [5.74, 6) is 1.03. The van der Waals surface area contributed by atoms with E-state index in [2.05, 4.69) is 38.3 Å². The zero-order valence-electron chi connectivity index (χ0n) is 12.0. The Kier molecular flexibility index (Phi) is 6.94. The molecule has 1 saturated heterocycles. The highest BCUT2D eigenvalue weighted by Gasteiger charge is 2.30. The largest absolute Gasteiger partial charge is 0.300 e. The topological polar surface area (TPSA) is 3.24 Å². The highest BCUT2D eigenvalue weighted by atomic mass is 32.1. The average Bonchev–Trinajstić information content (AvgIpc) is 2.61. The summed E-state index contributed by atoms with van der Waals surface area (Å²) in [5.41, 5.74) is 0.445. The molecule has 0 spiro atoms. The molecule has 1 aliphatic heterocycles. The van der Waals surface area contributed by atoms with Gasteiger partial charge in [-0.2, -0.15) is 12.6 Å². The lowest BCUT2D eigenvalue weighted by molar-refractivity contribution is 0.114. The van der Waals surface area contributed by atoms with Crippen LogP contribution in [0.5, 0.6) is 0 Å². The maximum Gasteiger partial charge on any atom is 0.00928 e. The molecule has 0 radical (unpaired) electrons. The van der Waals surface area contributed by atoms with Crippen molar-refractivity contribution in [2.45, 2.75) is 71.8 Å². The van der Waals surface area contributed by atoms with Crippen molar-refractivity contribution in [3.63, 3.8) is 0 Å². The summed E-state index contributed by atoms with van der Waals surface area (Å²) in [6, 6.07) is 0.829. The molecule has 0 saturated carbocycles. The zero-order valence-corrected chi connectivity index (χ0v) is 12.9. The summed E-state index contributed by atoms with van der Waals surface area (Å²) in [5, 5.41) is 0. The molecule has 1 atom stereocenters. The Labute approximate surface area is 114 Å². The zero-order chi connectivity index (χ0) is 12.7. The van der Waals surface area contributed by atoms with Gasteiger partial charge in [0.1, 0.15) is 0 Å².